The van der Waals surface area contributed by atoms with Gasteiger partial charge in [0.2, 0.25) is 0 Å². The molecule has 2 atom stereocenters. The standard InChI is InChI=1S/C24H32FN3O5/c1-4-28-19(15-27-13-7-8-17(14-27)22(29)32-5-2)20(23(30)33-6-3)21(26-24(28)31)16-9-11-18(25)12-10-16/h9-12,17,21H,4-8,13-15H2,1-3H3,(H,26,31)/t17-,21-/m1/s1. The number of esters is 2. The second-order valence-electron chi connectivity index (χ2n) is 8.09. The molecule has 0 aromatic heterocycles. The van der Waals surface area contributed by atoms with Gasteiger partial charge in [-0.1, -0.05) is 12.1 Å². The number of amides is 2. The van der Waals surface area contributed by atoms with Gasteiger partial charge in [-0.25, -0.2) is 14.0 Å². The molecule has 1 saturated heterocycles. The lowest BCUT2D eigenvalue weighted by Gasteiger charge is -2.39. The monoisotopic (exact) mass is 461 g/mol. The molecule has 1 aromatic rings. The highest BCUT2D eigenvalue weighted by Crippen LogP contribution is 2.33. The number of carbonyl (C=O) groups is 3. The van der Waals surface area contributed by atoms with E-state index in [1.807, 2.05) is 6.92 Å². The molecule has 2 amide bonds. The third-order valence-electron chi connectivity index (χ3n) is 5.95. The molecule has 2 aliphatic heterocycles. The van der Waals surface area contributed by atoms with Gasteiger partial charge in [0.25, 0.3) is 0 Å². The maximum Gasteiger partial charge on any atom is 0.338 e. The largest absolute Gasteiger partial charge is 0.466 e. The maximum absolute atomic E-state index is 13.5. The summed E-state index contributed by atoms with van der Waals surface area (Å²) in [6.45, 7) is 7.73. The molecule has 33 heavy (non-hydrogen) atoms. The molecule has 0 radical (unpaired) electrons. The number of nitrogens with one attached hydrogen (secondary N) is 1. The Bertz CT molecular complexity index is 902. The zero-order valence-corrected chi connectivity index (χ0v) is 19.4. The molecular weight excluding hydrogens is 429 g/mol. The van der Waals surface area contributed by atoms with Gasteiger partial charge in [0.05, 0.1) is 30.7 Å². The lowest BCUT2D eigenvalue weighted by atomic mass is 9.93. The van der Waals surface area contributed by atoms with E-state index < -0.39 is 17.8 Å². The molecule has 0 spiro atoms. The number of urea groups is 1. The predicted octanol–water partition coefficient (Wildman–Crippen LogP) is 3.00. The van der Waals surface area contributed by atoms with Gasteiger partial charge in [0.1, 0.15) is 5.82 Å². The summed E-state index contributed by atoms with van der Waals surface area (Å²) in [6.07, 6.45) is 1.56. The fourth-order valence-electron chi connectivity index (χ4n) is 4.43. The quantitative estimate of drug-likeness (QED) is 0.599. The first kappa shape index (κ1) is 24.7. The summed E-state index contributed by atoms with van der Waals surface area (Å²) in [4.78, 5) is 42.0. The molecule has 0 unspecified atom stereocenters. The van der Waals surface area contributed by atoms with E-state index in [1.165, 1.54) is 17.0 Å². The number of piperidine rings is 1. The number of carbonyl (C=O) groups excluding carboxylic acids is 3. The number of halogens is 1. The van der Waals surface area contributed by atoms with Crippen molar-refractivity contribution in [2.45, 2.75) is 39.7 Å². The van der Waals surface area contributed by atoms with Crippen LogP contribution >= 0.6 is 0 Å². The van der Waals surface area contributed by atoms with Gasteiger partial charge >= 0.3 is 18.0 Å². The van der Waals surface area contributed by atoms with Crippen LogP contribution < -0.4 is 5.32 Å². The van der Waals surface area contributed by atoms with Gasteiger partial charge in [-0.15, -0.1) is 0 Å². The number of likely N-dealkylation sites (tertiary alicyclic amines) is 1. The normalized spacial score (nSPS) is 21.6. The Kier molecular flexibility index (Phi) is 8.43. The van der Waals surface area contributed by atoms with Crippen LogP contribution in [-0.4, -0.2) is 67.2 Å². The summed E-state index contributed by atoms with van der Waals surface area (Å²) in [5, 5.41) is 2.87. The van der Waals surface area contributed by atoms with E-state index in [1.54, 1.807) is 26.0 Å². The summed E-state index contributed by atoms with van der Waals surface area (Å²) in [7, 11) is 0. The average Bonchev–Trinajstić information content (AvgIpc) is 2.80. The first-order valence-electron chi connectivity index (χ1n) is 11.5. The zero-order valence-electron chi connectivity index (χ0n) is 19.4. The van der Waals surface area contributed by atoms with Crippen LogP contribution in [0.15, 0.2) is 35.5 Å². The zero-order chi connectivity index (χ0) is 24.0. The molecule has 1 fully saturated rings. The molecular formula is C24H32FN3O5. The number of benzene rings is 1. The van der Waals surface area contributed by atoms with Crippen molar-refractivity contribution in [1.29, 1.82) is 0 Å². The smallest absolute Gasteiger partial charge is 0.338 e. The molecule has 0 bridgehead atoms. The van der Waals surface area contributed by atoms with Crippen molar-refractivity contribution in [2.75, 3.05) is 39.4 Å². The molecule has 2 aliphatic rings. The molecule has 9 heteroatoms. The van der Waals surface area contributed by atoms with Crippen LogP contribution in [-0.2, 0) is 19.1 Å². The lowest BCUT2D eigenvalue weighted by molar-refractivity contribution is -0.150. The number of hydrogen-bond donors (Lipinski definition) is 1. The van der Waals surface area contributed by atoms with Crippen LogP contribution in [0.2, 0.25) is 0 Å². The second kappa shape index (κ2) is 11.3. The topological polar surface area (TPSA) is 88.2 Å². The van der Waals surface area contributed by atoms with Crippen LogP contribution in [0.1, 0.15) is 45.2 Å². The maximum atomic E-state index is 13.5. The van der Waals surface area contributed by atoms with E-state index in [2.05, 4.69) is 10.2 Å². The average molecular weight is 462 g/mol. The summed E-state index contributed by atoms with van der Waals surface area (Å²) >= 11 is 0. The summed E-state index contributed by atoms with van der Waals surface area (Å²) < 4.78 is 24.1. The third kappa shape index (κ3) is 5.71. The highest BCUT2D eigenvalue weighted by molar-refractivity contribution is 5.95. The molecule has 8 nitrogen and oxygen atoms in total. The van der Waals surface area contributed by atoms with Crippen molar-refractivity contribution in [2.24, 2.45) is 5.92 Å². The highest BCUT2D eigenvalue weighted by atomic mass is 19.1. The summed E-state index contributed by atoms with van der Waals surface area (Å²) in [5.74, 6) is -1.40. The predicted molar refractivity (Wildman–Crippen MR) is 120 cm³/mol. The van der Waals surface area contributed by atoms with Crippen LogP contribution in [0, 0.1) is 11.7 Å². The van der Waals surface area contributed by atoms with E-state index in [4.69, 9.17) is 9.47 Å². The molecule has 0 aliphatic carbocycles. The number of rotatable bonds is 8. The Hall–Kier alpha value is -2.94. The van der Waals surface area contributed by atoms with Crippen molar-refractivity contribution in [3.05, 3.63) is 46.9 Å². The molecule has 180 valence electrons. The Morgan fingerprint density at radius 1 is 1.12 bits per heavy atom. The number of ether oxygens (including phenoxy) is 2. The van der Waals surface area contributed by atoms with Crippen molar-refractivity contribution in [3.63, 3.8) is 0 Å². The van der Waals surface area contributed by atoms with Gasteiger partial charge in [-0.2, -0.15) is 0 Å². The van der Waals surface area contributed by atoms with Crippen molar-refractivity contribution < 1.29 is 28.2 Å². The van der Waals surface area contributed by atoms with Crippen molar-refractivity contribution in [3.8, 4) is 0 Å². The fourth-order valence-corrected chi connectivity index (χ4v) is 4.43. The second-order valence-corrected chi connectivity index (χ2v) is 8.09. The first-order valence-corrected chi connectivity index (χ1v) is 11.5. The van der Waals surface area contributed by atoms with E-state index in [9.17, 15) is 18.8 Å². The van der Waals surface area contributed by atoms with Gasteiger partial charge in [-0.3, -0.25) is 14.6 Å². The molecule has 0 saturated carbocycles. The molecule has 1 N–H and O–H groups in total. The minimum absolute atomic E-state index is 0.181. The Morgan fingerprint density at radius 2 is 1.82 bits per heavy atom. The summed E-state index contributed by atoms with van der Waals surface area (Å²) in [5.41, 5.74) is 1.45. The molecule has 1 aromatic carbocycles. The number of hydrogen-bond acceptors (Lipinski definition) is 6. The van der Waals surface area contributed by atoms with Crippen molar-refractivity contribution in [1.82, 2.24) is 15.1 Å². The molecule has 3 rings (SSSR count). The molecule has 2 heterocycles. The lowest BCUT2D eigenvalue weighted by Crippen LogP contribution is -2.51. The first-order chi connectivity index (χ1) is 15.9. The summed E-state index contributed by atoms with van der Waals surface area (Å²) in [6, 6.07) is 4.59. The van der Waals surface area contributed by atoms with Crippen LogP contribution in [0.4, 0.5) is 9.18 Å². The van der Waals surface area contributed by atoms with Crippen LogP contribution in [0.3, 0.4) is 0 Å². The Balaban J connectivity index is 1.99. The third-order valence-corrected chi connectivity index (χ3v) is 5.95. The van der Waals surface area contributed by atoms with Crippen LogP contribution in [0.5, 0.6) is 0 Å². The van der Waals surface area contributed by atoms with E-state index in [-0.39, 0.29) is 24.5 Å². The van der Waals surface area contributed by atoms with Gasteiger partial charge in [0, 0.05) is 25.3 Å². The fraction of sp³-hybridized carbons (Fsp3) is 0.542. The van der Waals surface area contributed by atoms with E-state index in [0.29, 0.717) is 43.1 Å². The van der Waals surface area contributed by atoms with Gasteiger partial charge < -0.3 is 14.8 Å². The number of likely N-dealkylation sites (N-methyl/N-ethyl adjacent to an activating group) is 1. The van der Waals surface area contributed by atoms with E-state index >= 15 is 0 Å². The van der Waals surface area contributed by atoms with Gasteiger partial charge in [0.15, 0.2) is 0 Å². The Morgan fingerprint density at radius 3 is 2.45 bits per heavy atom. The minimum Gasteiger partial charge on any atom is -0.466 e. The minimum atomic E-state index is -0.763. The van der Waals surface area contributed by atoms with E-state index in [0.717, 1.165) is 19.4 Å². The number of nitrogens with zero attached hydrogens (tertiary/aromatic N) is 2. The highest BCUT2D eigenvalue weighted by Gasteiger charge is 2.39. The van der Waals surface area contributed by atoms with Gasteiger partial charge in [-0.05, 0) is 57.9 Å². The SMILES string of the molecule is CCOC(=O)C1=C(CN2CCC[C@@H](C(=O)OCC)C2)N(CC)C(=O)N[C@@H]1c1ccc(F)cc1. The Labute approximate surface area is 193 Å². The van der Waals surface area contributed by atoms with Crippen LogP contribution in [0.25, 0.3) is 0 Å². The van der Waals surface area contributed by atoms with Crippen molar-refractivity contribution >= 4 is 18.0 Å².